The molecule has 0 radical (unpaired) electrons. The molecule has 0 amide bonds. The number of benzene rings is 1. The van der Waals surface area contributed by atoms with Crippen molar-refractivity contribution in [3.8, 4) is 16.9 Å². The molecule has 0 bridgehead atoms. The van der Waals surface area contributed by atoms with Crippen molar-refractivity contribution in [1.82, 2.24) is 4.98 Å². The lowest BCUT2D eigenvalue weighted by molar-refractivity contribution is 0.413. The first-order chi connectivity index (χ1) is 8.74. The van der Waals surface area contributed by atoms with Gasteiger partial charge in [0.05, 0.1) is 13.3 Å². The van der Waals surface area contributed by atoms with Crippen molar-refractivity contribution in [2.24, 2.45) is 5.73 Å². The Balaban J connectivity index is 2.38. The zero-order chi connectivity index (χ0) is 13.0. The lowest BCUT2D eigenvalue weighted by atomic mass is 9.99. The highest BCUT2D eigenvalue weighted by Gasteiger charge is 2.06. The third kappa shape index (κ3) is 2.68. The Hall–Kier alpha value is -1.87. The maximum atomic E-state index is 6.06. The standard InChI is InChI=1S/C15H18N2O/c1-3-15(16)12-6-4-5-11(7-12)13-8-14(18-2)10-17-9-13/h4-10,15H,3,16H2,1-2H3. The molecule has 0 aliphatic heterocycles. The van der Waals surface area contributed by atoms with Crippen LogP contribution in [0.2, 0.25) is 0 Å². The maximum Gasteiger partial charge on any atom is 0.137 e. The molecule has 0 spiro atoms. The summed E-state index contributed by atoms with van der Waals surface area (Å²) in [4.78, 5) is 4.17. The normalized spacial score (nSPS) is 12.2. The van der Waals surface area contributed by atoms with E-state index in [0.717, 1.165) is 28.9 Å². The first-order valence-electron chi connectivity index (χ1n) is 6.09. The fourth-order valence-electron chi connectivity index (χ4n) is 1.87. The minimum Gasteiger partial charge on any atom is -0.495 e. The van der Waals surface area contributed by atoms with Crippen molar-refractivity contribution in [3.05, 3.63) is 48.3 Å². The van der Waals surface area contributed by atoms with Crippen LogP contribution in [0.3, 0.4) is 0 Å². The average Bonchev–Trinajstić information content (AvgIpc) is 2.46. The monoisotopic (exact) mass is 242 g/mol. The quantitative estimate of drug-likeness (QED) is 0.895. The van der Waals surface area contributed by atoms with Crippen molar-refractivity contribution < 1.29 is 4.74 Å². The summed E-state index contributed by atoms with van der Waals surface area (Å²) in [5.74, 6) is 0.762. The molecule has 3 heteroatoms. The van der Waals surface area contributed by atoms with Crippen molar-refractivity contribution in [1.29, 1.82) is 0 Å². The number of ether oxygens (including phenoxy) is 1. The molecule has 0 aliphatic rings. The Bertz CT molecular complexity index is 525. The highest BCUT2D eigenvalue weighted by molar-refractivity contribution is 5.64. The number of hydrogen-bond donors (Lipinski definition) is 1. The Morgan fingerprint density at radius 3 is 2.78 bits per heavy atom. The van der Waals surface area contributed by atoms with Crippen LogP contribution in [0.15, 0.2) is 42.7 Å². The molecular formula is C15H18N2O. The highest BCUT2D eigenvalue weighted by Crippen LogP contribution is 2.25. The second-order valence-electron chi connectivity index (χ2n) is 4.25. The molecule has 18 heavy (non-hydrogen) atoms. The highest BCUT2D eigenvalue weighted by atomic mass is 16.5. The van der Waals surface area contributed by atoms with Gasteiger partial charge in [-0.1, -0.05) is 25.1 Å². The first-order valence-corrected chi connectivity index (χ1v) is 6.09. The Morgan fingerprint density at radius 1 is 1.22 bits per heavy atom. The molecule has 1 unspecified atom stereocenters. The van der Waals surface area contributed by atoms with E-state index in [1.54, 1.807) is 13.3 Å². The maximum absolute atomic E-state index is 6.06. The molecule has 0 fully saturated rings. The minimum absolute atomic E-state index is 0.0866. The van der Waals surface area contributed by atoms with Crippen LogP contribution in [0.4, 0.5) is 0 Å². The van der Waals surface area contributed by atoms with E-state index in [2.05, 4.69) is 30.1 Å². The summed E-state index contributed by atoms with van der Waals surface area (Å²) in [6.07, 6.45) is 4.46. The van der Waals surface area contributed by atoms with Gasteiger partial charge in [0.25, 0.3) is 0 Å². The SMILES string of the molecule is CCC(N)c1cccc(-c2cncc(OC)c2)c1. The largest absolute Gasteiger partial charge is 0.495 e. The van der Waals surface area contributed by atoms with Crippen LogP contribution in [-0.4, -0.2) is 12.1 Å². The summed E-state index contributed by atoms with van der Waals surface area (Å²) >= 11 is 0. The van der Waals surface area contributed by atoms with E-state index in [1.165, 1.54) is 0 Å². The molecule has 2 rings (SSSR count). The van der Waals surface area contributed by atoms with E-state index in [9.17, 15) is 0 Å². The van der Waals surface area contributed by atoms with Crippen LogP contribution in [-0.2, 0) is 0 Å². The van der Waals surface area contributed by atoms with E-state index in [0.29, 0.717) is 0 Å². The predicted octanol–water partition coefficient (Wildman–Crippen LogP) is 3.17. The third-order valence-corrected chi connectivity index (χ3v) is 3.04. The van der Waals surface area contributed by atoms with Gasteiger partial charge in [0, 0.05) is 17.8 Å². The smallest absolute Gasteiger partial charge is 0.137 e. The van der Waals surface area contributed by atoms with Gasteiger partial charge in [-0.15, -0.1) is 0 Å². The second kappa shape index (κ2) is 5.65. The molecule has 1 aromatic heterocycles. The van der Waals surface area contributed by atoms with Crippen molar-refractivity contribution in [2.45, 2.75) is 19.4 Å². The van der Waals surface area contributed by atoms with Crippen molar-refractivity contribution in [2.75, 3.05) is 7.11 Å². The lowest BCUT2D eigenvalue weighted by Crippen LogP contribution is -2.08. The number of rotatable bonds is 4. The topological polar surface area (TPSA) is 48.1 Å². The molecule has 94 valence electrons. The van der Waals surface area contributed by atoms with Crippen LogP contribution >= 0.6 is 0 Å². The van der Waals surface area contributed by atoms with Gasteiger partial charge >= 0.3 is 0 Å². The van der Waals surface area contributed by atoms with Gasteiger partial charge in [-0.05, 0) is 29.7 Å². The van der Waals surface area contributed by atoms with Crippen LogP contribution in [0.25, 0.3) is 11.1 Å². The van der Waals surface area contributed by atoms with Gasteiger partial charge in [-0.2, -0.15) is 0 Å². The van der Waals surface area contributed by atoms with E-state index >= 15 is 0 Å². The van der Waals surface area contributed by atoms with Gasteiger partial charge in [-0.3, -0.25) is 4.98 Å². The number of pyridine rings is 1. The number of aromatic nitrogens is 1. The summed E-state index contributed by atoms with van der Waals surface area (Å²) in [6, 6.07) is 10.3. The minimum atomic E-state index is 0.0866. The number of nitrogens with two attached hydrogens (primary N) is 1. The molecular weight excluding hydrogens is 224 g/mol. The Labute approximate surface area is 108 Å². The average molecular weight is 242 g/mol. The molecule has 2 N–H and O–H groups in total. The zero-order valence-corrected chi connectivity index (χ0v) is 10.8. The van der Waals surface area contributed by atoms with Gasteiger partial charge in [-0.25, -0.2) is 0 Å². The summed E-state index contributed by atoms with van der Waals surface area (Å²) in [6.45, 7) is 2.09. The van der Waals surface area contributed by atoms with Crippen LogP contribution in [0, 0.1) is 0 Å². The van der Waals surface area contributed by atoms with Gasteiger partial charge in [0.1, 0.15) is 5.75 Å². The van der Waals surface area contributed by atoms with Gasteiger partial charge in [0.15, 0.2) is 0 Å². The van der Waals surface area contributed by atoms with Gasteiger partial charge < -0.3 is 10.5 Å². The van der Waals surface area contributed by atoms with E-state index in [4.69, 9.17) is 10.5 Å². The van der Waals surface area contributed by atoms with Crippen molar-refractivity contribution >= 4 is 0 Å². The predicted molar refractivity (Wildman–Crippen MR) is 73.4 cm³/mol. The Morgan fingerprint density at radius 2 is 2.06 bits per heavy atom. The number of methoxy groups -OCH3 is 1. The Kier molecular flexibility index (Phi) is 3.95. The summed E-state index contributed by atoms with van der Waals surface area (Å²) < 4.78 is 5.19. The first kappa shape index (κ1) is 12.6. The molecule has 3 nitrogen and oxygen atoms in total. The summed E-state index contributed by atoms with van der Waals surface area (Å²) in [5, 5.41) is 0. The van der Waals surface area contributed by atoms with Crippen LogP contribution in [0.1, 0.15) is 24.9 Å². The van der Waals surface area contributed by atoms with E-state index in [1.807, 2.05) is 18.3 Å². The van der Waals surface area contributed by atoms with E-state index in [-0.39, 0.29) is 6.04 Å². The molecule has 2 aromatic rings. The summed E-state index contributed by atoms with van der Waals surface area (Å²) in [5.41, 5.74) is 9.36. The third-order valence-electron chi connectivity index (χ3n) is 3.04. The molecule has 0 saturated heterocycles. The van der Waals surface area contributed by atoms with Crippen LogP contribution < -0.4 is 10.5 Å². The fraction of sp³-hybridized carbons (Fsp3) is 0.267. The molecule has 1 aromatic carbocycles. The van der Waals surface area contributed by atoms with Crippen LogP contribution in [0.5, 0.6) is 5.75 Å². The molecule has 0 saturated carbocycles. The molecule has 1 atom stereocenters. The van der Waals surface area contributed by atoms with E-state index < -0.39 is 0 Å². The number of nitrogens with zero attached hydrogens (tertiary/aromatic N) is 1. The zero-order valence-electron chi connectivity index (χ0n) is 10.8. The van der Waals surface area contributed by atoms with Gasteiger partial charge in [0.2, 0.25) is 0 Å². The number of hydrogen-bond acceptors (Lipinski definition) is 3. The van der Waals surface area contributed by atoms with Crippen molar-refractivity contribution in [3.63, 3.8) is 0 Å². The fourth-order valence-corrected chi connectivity index (χ4v) is 1.87. The molecule has 1 heterocycles. The lowest BCUT2D eigenvalue weighted by Gasteiger charge is -2.11. The summed E-state index contributed by atoms with van der Waals surface area (Å²) in [7, 11) is 1.64. The molecule has 0 aliphatic carbocycles. The second-order valence-corrected chi connectivity index (χ2v) is 4.25.